The highest BCUT2D eigenvalue weighted by Gasteiger charge is 2.09. The molecule has 0 N–H and O–H groups in total. The third-order valence-corrected chi connectivity index (χ3v) is 3.84. The van der Waals surface area contributed by atoms with E-state index in [0.29, 0.717) is 5.56 Å². The van der Waals surface area contributed by atoms with E-state index in [4.69, 9.17) is 5.26 Å². The lowest BCUT2D eigenvalue weighted by Gasteiger charge is -2.25. The van der Waals surface area contributed by atoms with Crippen molar-refractivity contribution in [3.8, 4) is 6.07 Å². The van der Waals surface area contributed by atoms with E-state index >= 15 is 0 Å². The van der Waals surface area contributed by atoms with Crippen LogP contribution in [0.4, 0.5) is 11.4 Å². The van der Waals surface area contributed by atoms with E-state index in [1.54, 1.807) is 0 Å². The fraction of sp³-hybridized carbons (Fsp3) is 0.0952. The molecule has 0 saturated carbocycles. The van der Waals surface area contributed by atoms with Gasteiger partial charge in [-0.15, -0.1) is 0 Å². The second-order valence-corrected chi connectivity index (χ2v) is 5.38. The van der Waals surface area contributed by atoms with Crippen LogP contribution in [0.3, 0.4) is 0 Å². The second-order valence-electron chi connectivity index (χ2n) is 5.38. The van der Waals surface area contributed by atoms with E-state index in [1.807, 2.05) is 36.4 Å². The predicted molar refractivity (Wildman–Crippen MR) is 94.8 cm³/mol. The van der Waals surface area contributed by atoms with Crippen molar-refractivity contribution in [2.45, 2.75) is 6.42 Å². The molecule has 2 heteroatoms. The zero-order valence-corrected chi connectivity index (χ0v) is 12.9. The molecule has 0 heterocycles. The summed E-state index contributed by atoms with van der Waals surface area (Å²) in [6.07, 6.45) is 0.968. The number of benzene rings is 3. The lowest BCUT2D eigenvalue weighted by Crippen LogP contribution is -2.20. The van der Waals surface area contributed by atoms with E-state index in [-0.39, 0.29) is 0 Å². The summed E-state index contributed by atoms with van der Waals surface area (Å²) in [7, 11) is 0. The molecule has 0 spiro atoms. The molecule has 0 fully saturated rings. The molecule has 3 rings (SSSR count). The smallest absolute Gasteiger partial charge is 0.0991 e. The van der Waals surface area contributed by atoms with E-state index in [9.17, 15) is 0 Å². The first kappa shape index (κ1) is 14.9. The molecule has 0 saturated heterocycles. The van der Waals surface area contributed by atoms with Gasteiger partial charge < -0.3 is 4.90 Å². The number of hydrogen-bond acceptors (Lipinski definition) is 2. The summed E-state index contributed by atoms with van der Waals surface area (Å²) in [6.45, 7) is 0.889. The minimum Gasteiger partial charge on any atom is -0.341 e. The van der Waals surface area contributed by atoms with E-state index in [0.717, 1.165) is 24.3 Å². The van der Waals surface area contributed by atoms with Crippen LogP contribution >= 0.6 is 0 Å². The average molecular weight is 298 g/mol. The molecular weight excluding hydrogens is 280 g/mol. The first-order valence-corrected chi connectivity index (χ1v) is 7.73. The van der Waals surface area contributed by atoms with Crippen LogP contribution in [0.15, 0.2) is 84.9 Å². The molecule has 0 aliphatic heterocycles. The largest absolute Gasteiger partial charge is 0.341 e. The van der Waals surface area contributed by atoms with Gasteiger partial charge in [0.15, 0.2) is 0 Å². The Kier molecular flexibility index (Phi) is 4.71. The Balaban J connectivity index is 1.86. The van der Waals surface area contributed by atoms with Crippen LogP contribution in [0.5, 0.6) is 0 Å². The summed E-state index contributed by atoms with van der Waals surface area (Å²) in [4.78, 5) is 2.29. The molecule has 23 heavy (non-hydrogen) atoms. The number of rotatable bonds is 5. The number of para-hydroxylation sites is 1. The molecule has 2 nitrogen and oxygen atoms in total. The highest BCUT2D eigenvalue weighted by molar-refractivity contribution is 5.63. The molecular formula is C21H18N2. The standard InChI is InChI=1S/C21H18N2/c22-17-19-11-13-21(14-12-19)23(20-9-5-2-6-10-20)16-15-18-7-3-1-4-8-18/h1-14H,15-16H2. The maximum atomic E-state index is 8.97. The third kappa shape index (κ3) is 3.78. The normalized spacial score (nSPS) is 10.0. The van der Waals surface area contributed by atoms with Gasteiger partial charge >= 0.3 is 0 Å². The summed E-state index contributed by atoms with van der Waals surface area (Å²) in [5.74, 6) is 0. The van der Waals surface area contributed by atoms with Gasteiger partial charge in [-0.25, -0.2) is 0 Å². The summed E-state index contributed by atoms with van der Waals surface area (Å²) in [5, 5.41) is 8.97. The van der Waals surface area contributed by atoms with Gasteiger partial charge in [-0.05, 0) is 48.4 Å². The molecule has 3 aromatic rings. The first-order valence-electron chi connectivity index (χ1n) is 7.73. The third-order valence-electron chi connectivity index (χ3n) is 3.84. The Labute approximate surface area is 137 Å². The van der Waals surface area contributed by atoms with Gasteiger partial charge in [0.25, 0.3) is 0 Å². The van der Waals surface area contributed by atoms with Crippen LogP contribution in [-0.4, -0.2) is 6.54 Å². The molecule has 0 radical (unpaired) electrons. The second kappa shape index (κ2) is 7.29. The molecule has 0 unspecified atom stereocenters. The first-order chi connectivity index (χ1) is 11.4. The Hall–Kier alpha value is -3.05. The summed E-state index contributed by atoms with van der Waals surface area (Å²) >= 11 is 0. The van der Waals surface area contributed by atoms with Crippen molar-refractivity contribution in [1.29, 1.82) is 5.26 Å². The van der Waals surface area contributed by atoms with Gasteiger partial charge in [-0.2, -0.15) is 5.26 Å². The Bertz CT molecular complexity index is 772. The Morgan fingerprint density at radius 3 is 1.87 bits per heavy atom. The van der Waals surface area contributed by atoms with Crippen LogP contribution in [0, 0.1) is 11.3 Å². The van der Waals surface area contributed by atoms with Crippen molar-refractivity contribution in [2.24, 2.45) is 0 Å². The van der Waals surface area contributed by atoms with E-state index in [2.05, 4.69) is 59.5 Å². The quantitative estimate of drug-likeness (QED) is 0.667. The predicted octanol–water partition coefficient (Wildman–Crippen LogP) is 4.94. The summed E-state index contributed by atoms with van der Waals surface area (Å²) in [6, 6.07) is 30.8. The number of hydrogen-bond donors (Lipinski definition) is 0. The van der Waals surface area contributed by atoms with E-state index < -0.39 is 0 Å². The van der Waals surface area contributed by atoms with Gasteiger partial charge in [0, 0.05) is 17.9 Å². The monoisotopic (exact) mass is 298 g/mol. The van der Waals surface area contributed by atoms with E-state index in [1.165, 1.54) is 5.56 Å². The topological polar surface area (TPSA) is 27.0 Å². The minimum atomic E-state index is 0.685. The fourth-order valence-corrected chi connectivity index (χ4v) is 2.62. The zero-order valence-electron chi connectivity index (χ0n) is 12.9. The van der Waals surface area contributed by atoms with Crippen molar-refractivity contribution in [3.63, 3.8) is 0 Å². The van der Waals surface area contributed by atoms with Gasteiger partial charge in [0.1, 0.15) is 0 Å². The van der Waals surface area contributed by atoms with Crippen molar-refractivity contribution in [3.05, 3.63) is 96.1 Å². The highest BCUT2D eigenvalue weighted by Crippen LogP contribution is 2.25. The minimum absolute atomic E-state index is 0.685. The average Bonchev–Trinajstić information content (AvgIpc) is 2.64. The lowest BCUT2D eigenvalue weighted by molar-refractivity contribution is 0.914. The summed E-state index contributed by atoms with van der Waals surface area (Å²) < 4.78 is 0. The van der Waals surface area contributed by atoms with Gasteiger partial charge in [0.2, 0.25) is 0 Å². The molecule has 0 aliphatic rings. The maximum Gasteiger partial charge on any atom is 0.0991 e. The highest BCUT2D eigenvalue weighted by atomic mass is 15.1. The fourth-order valence-electron chi connectivity index (χ4n) is 2.62. The molecule has 3 aromatic carbocycles. The maximum absolute atomic E-state index is 8.97. The number of nitrogens with zero attached hydrogens (tertiary/aromatic N) is 2. The molecule has 0 atom stereocenters. The number of anilines is 2. The van der Waals surface area contributed by atoms with Crippen molar-refractivity contribution >= 4 is 11.4 Å². The lowest BCUT2D eigenvalue weighted by atomic mass is 10.1. The molecule has 0 aromatic heterocycles. The molecule has 0 bridgehead atoms. The SMILES string of the molecule is N#Cc1ccc(N(CCc2ccccc2)c2ccccc2)cc1. The van der Waals surface area contributed by atoms with Crippen LogP contribution in [0.2, 0.25) is 0 Å². The molecule has 112 valence electrons. The van der Waals surface area contributed by atoms with Gasteiger partial charge in [-0.1, -0.05) is 48.5 Å². The van der Waals surface area contributed by atoms with Crippen LogP contribution in [0.1, 0.15) is 11.1 Å². The number of nitriles is 1. The van der Waals surface area contributed by atoms with Gasteiger partial charge in [0.05, 0.1) is 11.6 Å². The molecule has 0 amide bonds. The van der Waals surface area contributed by atoms with Crippen LogP contribution < -0.4 is 4.90 Å². The van der Waals surface area contributed by atoms with Crippen LogP contribution in [0.25, 0.3) is 0 Å². The van der Waals surface area contributed by atoms with Crippen molar-refractivity contribution < 1.29 is 0 Å². The Morgan fingerprint density at radius 2 is 1.26 bits per heavy atom. The Morgan fingerprint density at radius 1 is 0.696 bits per heavy atom. The molecule has 0 aliphatic carbocycles. The van der Waals surface area contributed by atoms with Crippen LogP contribution in [-0.2, 0) is 6.42 Å². The summed E-state index contributed by atoms with van der Waals surface area (Å²) in [5.41, 5.74) is 4.27. The zero-order chi connectivity index (χ0) is 15.9. The van der Waals surface area contributed by atoms with Crippen molar-refractivity contribution in [1.82, 2.24) is 0 Å². The van der Waals surface area contributed by atoms with Gasteiger partial charge in [-0.3, -0.25) is 0 Å². The van der Waals surface area contributed by atoms with Crippen molar-refractivity contribution in [2.75, 3.05) is 11.4 Å².